The highest BCUT2D eigenvalue weighted by Crippen LogP contribution is 2.44. The van der Waals surface area contributed by atoms with Gasteiger partial charge in [-0.2, -0.15) is 0 Å². The maximum absolute atomic E-state index is 9.12. The molecule has 57 heavy (non-hydrogen) atoms. The Kier molecular flexibility index (Phi) is 6.28. The zero-order valence-electron chi connectivity index (χ0n) is 34.6. The second kappa shape index (κ2) is 12.7. The highest BCUT2D eigenvalue weighted by Gasteiger charge is 2.20. The molecule has 0 fully saturated rings. The average molecular weight is 747 g/mol. The van der Waals surface area contributed by atoms with Crippen molar-refractivity contribution in [1.82, 2.24) is 9.13 Å². The normalized spacial score (nSPS) is 12.8. The van der Waals surface area contributed by atoms with Gasteiger partial charge in [0.1, 0.15) is 0 Å². The van der Waals surface area contributed by atoms with E-state index in [0.717, 1.165) is 77.5 Å². The lowest BCUT2D eigenvalue weighted by atomic mass is 9.87. The number of rotatable bonds is 5. The largest absolute Gasteiger partial charge is 0.309 e. The molecule has 0 aliphatic carbocycles. The van der Waals surface area contributed by atoms with E-state index < -0.39 is 0 Å². The van der Waals surface area contributed by atoms with Gasteiger partial charge in [-0.05, 0) is 94.0 Å². The van der Waals surface area contributed by atoms with Gasteiger partial charge >= 0.3 is 0 Å². The topological polar surface area (TPSA) is 9.86 Å². The Labute approximate surface area is 339 Å². The molecule has 0 saturated heterocycles. The number of thiophene rings is 1. The van der Waals surface area contributed by atoms with E-state index in [0.29, 0.717) is 10.9 Å². The molecule has 12 rings (SSSR count). The maximum Gasteiger partial charge on any atom is 0.0645 e. The van der Waals surface area contributed by atoms with E-state index in [1.165, 1.54) is 20.2 Å². The van der Waals surface area contributed by atoms with Crippen molar-refractivity contribution in [3.05, 3.63) is 206 Å². The fourth-order valence-corrected chi connectivity index (χ4v) is 10.0. The molecular formula is C54H34N2S. The van der Waals surface area contributed by atoms with Crippen molar-refractivity contribution in [2.75, 3.05) is 0 Å². The first-order valence-corrected chi connectivity index (χ1v) is 20.0. The van der Waals surface area contributed by atoms with Gasteiger partial charge in [0.25, 0.3) is 0 Å². The van der Waals surface area contributed by atoms with E-state index >= 15 is 0 Å². The Hall–Kier alpha value is -7.20. The summed E-state index contributed by atoms with van der Waals surface area (Å²) in [5.41, 5.74) is 12.2. The summed E-state index contributed by atoms with van der Waals surface area (Å²) in [5.74, 6) is 0. The molecule has 12 aromatic rings. The van der Waals surface area contributed by atoms with Gasteiger partial charge in [-0.25, -0.2) is 0 Å². The van der Waals surface area contributed by atoms with Crippen LogP contribution in [0.15, 0.2) is 206 Å². The molecule has 0 aliphatic heterocycles. The molecule has 9 aromatic carbocycles. The zero-order valence-corrected chi connectivity index (χ0v) is 31.4. The second-order valence-electron chi connectivity index (χ2n) is 14.6. The number of fused-ring (bicyclic) bond motifs is 9. The fourth-order valence-electron chi connectivity index (χ4n) is 8.95. The summed E-state index contributed by atoms with van der Waals surface area (Å²) < 4.78 is 42.1. The third-order valence-electron chi connectivity index (χ3n) is 11.5. The van der Waals surface area contributed by atoms with E-state index in [2.05, 4.69) is 162 Å². The van der Waals surface area contributed by atoms with Crippen LogP contribution in [-0.4, -0.2) is 9.13 Å². The Morgan fingerprint density at radius 1 is 0.351 bits per heavy atom. The predicted octanol–water partition coefficient (Wildman–Crippen LogP) is 15.2. The van der Waals surface area contributed by atoms with Crippen molar-refractivity contribution in [1.29, 1.82) is 0 Å². The summed E-state index contributed by atoms with van der Waals surface area (Å²) in [5, 5.41) is 5.91. The van der Waals surface area contributed by atoms with E-state index in [-0.39, 0.29) is 24.2 Å². The minimum Gasteiger partial charge on any atom is -0.309 e. The first kappa shape index (κ1) is 28.2. The quantitative estimate of drug-likeness (QED) is 0.166. The molecule has 0 saturated carbocycles. The number of hydrogen-bond acceptors (Lipinski definition) is 1. The standard InChI is InChI=1S/C54H34N2S/c1-3-14-35(15-4-1)40-21-13-22-41(36-16-5-2-6-17-36)54(40)37-26-29-44-46-33-38(55-48-23-10-7-18-42(48)43-19-8-11-24-49(43)55)27-30-50(46)56(51(44)32-37)39-28-31-53-47(34-39)45-20-9-12-25-52(45)57-53/h1-34H/i7D,10D,18D,23D. The van der Waals surface area contributed by atoms with Gasteiger partial charge < -0.3 is 9.13 Å². The SMILES string of the molecule is [2H]c1c([2H])c([2H])c2c(c1[2H])c1ccccc1n2-c1ccc2c(c1)c1ccc(-c3c(-c4ccccc4)cccc3-c3ccccc3)cc1n2-c1ccc2sc3ccccc3c2c1. The highest BCUT2D eigenvalue weighted by atomic mass is 32.1. The number of benzene rings is 9. The van der Waals surface area contributed by atoms with Crippen LogP contribution in [0.1, 0.15) is 5.48 Å². The van der Waals surface area contributed by atoms with Gasteiger partial charge in [-0.15, -0.1) is 11.3 Å². The molecule has 3 heteroatoms. The smallest absolute Gasteiger partial charge is 0.0645 e. The molecule has 3 heterocycles. The van der Waals surface area contributed by atoms with Crippen molar-refractivity contribution >= 4 is 75.1 Å². The van der Waals surface area contributed by atoms with Crippen LogP contribution >= 0.6 is 11.3 Å². The Bertz CT molecular complexity index is 3690. The van der Waals surface area contributed by atoms with Gasteiger partial charge in [-0.1, -0.05) is 146 Å². The molecule has 0 bridgehead atoms. The van der Waals surface area contributed by atoms with Crippen LogP contribution in [-0.2, 0) is 0 Å². The molecule has 3 aromatic heterocycles. The van der Waals surface area contributed by atoms with Crippen molar-refractivity contribution in [3.63, 3.8) is 0 Å². The lowest BCUT2D eigenvalue weighted by molar-refractivity contribution is 1.17. The highest BCUT2D eigenvalue weighted by molar-refractivity contribution is 7.25. The first-order chi connectivity index (χ1) is 29.9. The molecule has 0 radical (unpaired) electrons. The minimum absolute atomic E-state index is 0.0295. The predicted molar refractivity (Wildman–Crippen MR) is 244 cm³/mol. The van der Waals surface area contributed by atoms with Gasteiger partial charge in [-0.3, -0.25) is 0 Å². The Balaban J connectivity index is 1.17. The zero-order chi connectivity index (χ0) is 40.9. The maximum atomic E-state index is 9.12. The molecule has 266 valence electrons. The molecule has 0 spiro atoms. The lowest BCUT2D eigenvalue weighted by Gasteiger charge is -2.17. The van der Waals surface area contributed by atoms with E-state index in [9.17, 15) is 0 Å². The summed E-state index contributed by atoms with van der Waals surface area (Å²) in [4.78, 5) is 0. The van der Waals surface area contributed by atoms with Crippen LogP contribution in [0.25, 0.3) is 109 Å². The number of para-hydroxylation sites is 2. The number of aromatic nitrogens is 2. The third kappa shape index (κ3) is 4.96. The van der Waals surface area contributed by atoms with Crippen LogP contribution in [0.2, 0.25) is 0 Å². The minimum atomic E-state index is -0.242. The Morgan fingerprint density at radius 3 is 1.74 bits per heavy atom. The molecule has 2 nitrogen and oxygen atoms in total. The third-order valence-corrected chi connectivity index (χ3v) is 12.6. The van der Waals surface area contributed by atoms with Crippen LogP contribution in [0.5, 0.6) is 0 Å². The summed E-state index contributed by atoms with van der Waals surface area (Å²) in [6, 6.07) is 63.8. The molecule has 0 atom stereocenters. The van der Waals surface area contributed by atoms with Crippen molar-refractivity contribution in [2.24, 2.45) is 0 Å². The Morgan fingerprint density at radius 2 is 0.947 bits per heavy atom. The van der Waals surface area contributed by atoms with Crippen LogP contribution in [0.3, 0.4) is 0 Å². The molecule has 0 aliphatic rings. The number of hydrogen-bond donors (Lipinski definition) is 0. The molecule has 0 amide bonds. The average Bonchev–Trinajstić information content (AvgIpc) is 3.97. The van der Waals surface area contributed by atoms with Crippen LogP contribution in [0, 0.1) is 0 Å². The van der Waals surface area contributed by atoms with Crippen LogP contribution < -0.4 is 0 Å². The van der Waals surface area contributed by atoms with Gasteiger partial charge in [0.2, 0.25) is 0 Å². The molecule has 0 N–H and O–H groups in total. The van der Waals surface area contributed by atoms with Gasteiger partial charge in [0.05, 0.1) is 27.5 Å². The molecular weight excluding hydrogens is 709 g/mol. The van der Waals surface area contributed by atoms with E-state index in [4.69, 9.17) is 5.48 Å². The van der Waals surface area contributed by atoms with Gasteiger partial charge in [0, 0.05) is 53.1 Å². The van der Waals surface area contributed by atoms with Gasteiger partial charge in [0.15, 0.2) is 0 Å². The summed E-state index contributed by atoms with van der Waals surface area (Å²) in [6.45, 7) is 0. The summed E-state index contributed by atoms with van der Waals surface area (Å²) in [6.07, 6.45) is 0. The van der Waals surface area contributed by atoms with E-state index in [1.807, 2.05) is 40.2 Å². The molecule has 0 unspecified atom stereocenters. The fraction of sp³-hybridized carbons (Fsp3) is 0. The summed E-state index contributed by atoms with van der Waals surface area (Å²) >= 11 is 1.81. The van der Waals surface area contributed by atoms with Crippen molar-refractivity contribution < 1.29 is 5.48 Å². The van der Waals surface area contributed by atoms with Crippen molar-refractivity contribution in [3.8, 4) is 44.8 Å². The van der Waals surface area contributed by atoms with E-state index in [1.54, 1.807) is 0 Å². The second-order valence-corrected chi connectivity index (χ2v) is 15.7. The van der Waals surface area contributed by atoms with Crippen molar-refractivity contribution in [2.45, 2.75) is 0 Å². The monoisotopic (exact) mass is 746 g/mol. The number of nitrogens with zero attached hydrogens (tertiary/aromatic N) is 2. The lowest BCUT2D eigenvalue weighted by Crippen LogP contribution is -1.96. The van der Waals surface area contributed by atoms with Crippen LogP contribution in [0.4, 0.5) is 0 Å². The first-order valence-electron chi connectivity index (χ1n) is 21.2. The summed E-state index contributed by atoms with van der Waals surface area (Å²) in [7, 11) is 0.